The van der Waals surface area contributed by atoms with E-state index in [0.29, 0.717) is 18.0 Å². The first-order valence-corrected chi connectivity index (χ1v) is 6.66. The number of rotatable bonds is 4. The van der Waals surface area contributed by atoms with E-state index in [1.54, 1.807) is 0 Å². The van der Waals surface area contributed by atoms with Gasteiger partial charge in [-0.1, -0.05) is 0 Å². The topological polar surface area (TPSA) is 35.6 Å². The molecule has 1 saturated heterocycles. The fourth-order valence-electron chi connectivity index (χ4n) is 2.65. The first kappa shape index (κ1) is 14.5. The third-order valence-electron chi connectivity index (χ3n) is 3.67. The Morgan fingerprint density at radius 1 is 1.47 bits per heavy atom. The molecule has 1 N–H and O–H groups in total. The molecule has 1 amide bonds. The first-order chi connectivity index (χ1) is 7.99. The molecule has 2 unspecified atom stereocenters. The lowest BCUT2D eigenvalue weighted by Crippen LogP contribution is -2.50. The second kappa shape index (κ2) is 6.36. The van der Waals surface area contributed by atoms with Crippen molar-refractivity contribution in [2.45, 2.75) is 51.7 Å². The van der Waals surface area contributed by atoms with E-state index >= 15 is 0 Å². The molecule has 1 heterocycles. The highest BCUT2D eigenvalue weighted by Crippen LogP contribution is 2.19. The number of nitrogens with zero attached hydrogens (tertiary/aromatic N) is 2. The summed E-state index contributed by atoms with van der Waals surface area (Å²) < 4.78 is 0. The van der Waals surface area contributed by atoms with Crippen LogP contribution in [0.5, 0.6) is 0 Å². The van der Waals surface area contributed by atoms with Crippen LogP contribution in [0.2, 0.25) is 0 Å². The Morgan fingerprint density at radius 3 is 2.65 bits per heavy atom. The second-order valence-corrected chi connectivity index (χ2v) is 5.37. The number of nitrogens with one attached hydrogen (secondary N) is 1. The van der Waals surface area contributed by atoms with Crippen LogP contribution in [0, 0.1) is 0 Å². The standard InChI is InChI=1S/C13H27N3O/c1-10(2)16-11(3)7-9-15(5)12(13(16)17)6-8-14-4/h10-12,14H,6-9H2,1-5H3. The van der Waals surface area contributed by atoms with E-state index in [-0.39, 0.29) is 6.04 Å². The van der Waals surface area contributed by atoms with Crippen LogP contribution >= 0.6 is 0 Å². The van der Waals surface area contributed by atoms with Crippen molar-refractivity contribution in [3.8, 4) is 0 Å². The van der Waals surface area contributed by atoms with E-state index in [4.69, 9.17) is 0 Å². The van der Waals surface area contributed by atoms with Gasteiger partial charge in [-0.25, -0.2) is 0 Å². The van der Waals surface area contributed by atoms with E-state index in [1.807, 2.05) is 7.05 Å². The molecule has 0 aromatic rings. The molecule has 0 bridgehead atoms. The van der Waals surface area contributed by atoms with Crippen molar-refractivity contribution in [1.29, 1.82) is 0 Å². The van der Waals surface area contributed by atoms with Gasteiger partial charge >= 0.3 is 0 Å². The van der Waals surface area contributed by atoms with Gasteiger partial charge in [0, 0.05) is 18.6 Å². The molecule has 4 nitrogen and oxygen atoms in total. The number of hydrogen-bond acceptors (Lipinski definition) is 3. The van der Waals surface area contributed by atoms with Crippen molar-refractivity contribution in [1.82, 2.24) is 15.1 Å². The molecule has 1 aliphatic rings. The summed E-state index contributed by atoms with van der Waals surface area (Å²) in [5.41, 5.74) is 0. The normalized spacial score (nSPS) is 27.6. The fraction of sp³-hybridized carbons (Fsp3) is 0.923. The van der Waals surface area contributed by atoms with Crippen molar-refractivity contribution >= 4 is 5.91 Å². The number of carbonyl (C=O) groups excluding carboxylic acids is 1. The van der Waals surface area contributed by atoms with E-state index in [0.717, 1.165) is 25.9 Å². The van der Waals surface area contributed by atoms with E-state index in [9.17, 15) is 4.79 Å². The molecular formula is C13H27N3O. The van der Waals surface area contributed by atoms with Crippen molar-refractivity contribution in [2.24, 2.45) is 0 Å². The molecule has 0 aromatic heterocycles. The Labute approximate surface area is 105 Å². The highest BCUT2D eigenvalue weighted by molar-refractivity contribution is 5.82. The number of likely N-dealkylation sites (N-methyl/N-ethyl adjacent to an activating group) is 1. The van der Waals surface area contributed by atoms with Crippen molar-refractivity contribution in [3.63, 3.8) is 0 Å². The Hall–Kier alpha value is -0.610. The molecule has 1 rings (SSSR count). The zero-order valence-corrected chi connectivity index (χ0v) is 11.9. The minimum atomic E-state index is 0.0369. The first-order valence-electron chi connectivity index (χ1n) is 6.66. The minimum Gasteiger partial charge on any atom is -0.336 e. The number of amides is 1. The fourth-order valence-corrected chi connectivity index (χ4v) is 2.65. The van der Waals surface area contributed by atoms with Gasteiger partial charge in [0.1, 0.15) is 0 Å². The third kappa shape index (κ3) is 3.42. The zero-order valence-electron chi connectivity index (χ0n) is 11.9. The van der Waals surface area contributed by atoms with E-state index in [1.165, 1.54) is 0 Å². The zero-order chi connectivity index (χ0) is 13.0. The van der Waals surface area contributed by atoms with Gasteiger partial charge in [0.2, 0.25) is 5.91 Å². The van der Waals surface area contributed by atoms with Gasteiger partial charge in [-0.15, -0.1) is 0 Å². The molecule has 0 aromatic carbocycles. The summed E-state index contributed by atoms with van der Waals surface area (Å²) in [4.78, 5) is 16.8. The molecular weight excluding hydrogens is 214 g/mol. The number of carbonyl (C=O) groups is 1. The predicted octanol–water partition coefficient (Wildman–Crippen LogP) is 0.926. The van der Waals surface area contributed by atoms with Gasteiger partial charge in [-0.05, 0) is 54.3 Å². The van der Waals surface area contributed by atoms with Gasteiger partial charge in [-0.3, -0.25) is 9.69 Å². The van der Waals surface area contributed by atoms with Gasteiger partial charge in [0.05, 0.1) is 6.04 Å². The maximum atomic E-state index is 12.6. The maximum absolute atomic E-state index is 12.6. The van der Waals surface area contributed by atoms with Crippen molar-refractivity contribution in [3.05, 3.63) is 0 Å². The molecule has 100 valence electrons. The lowest BCUT2D eigenvalue weighted by atomic mass is 10.1. The Morgan fingerprint density at radius 2 is 2.12 bits per heavy atom. The molecule has 4 heteroatoms. The third-order valence-corrected chi connectivity index (χ3v) is 3.67. The van der Waals surface area contributed by atoms with Gasteiger partial charge < -0.3 is 10.2 Å². The quantitative estimate of drug-likeness (QED) is 0.795. The summed E-state index contributed by atoms with van der Waals surface area (Å²) in [7, 11) is 4.00. The molecule has 1 fully saturated rings. The number of hydrogen-bond donors (Lipinski definition) is 1. The highest BCUT2D eigenvalue weighted by atomic mass is 16.2. The van der Waals surface area contributed by atoms with Crippen molar-refractivity contribution < 1.29 is 4.79 Å². The lowest BCUT2D eigenvalue weighted by Gasteiger charge is -2.33. The van der Waals surface area contributed by atoms with Crippen molar-refractivity contribution in [2.75, 3.05) is 27.2 Å². The highest BCUT2D eigenvalue weighted by Gasteiger charge is 2.34. The maximum Gasteiger partial charge on any atom is 0.240 e. The van der Waals surface area contributed by atoms with Gasteiger partial charge in [-0.2, -0.15) is 0 Å². The van der Waals surface area contributed by atoms with Crippen LogP contribution in [0.15, 0.2) is 0 Å². The summed E-state index contributed by atoms with van der Waals surface area (Å²) >= 11 is 0. The van der Waals surface area contributed by atoms with Crippen LogP contribution in [-0.2, 0) is 4.79 Å². The summed E-state index contributed by atoms with van der Waals surface area (Å²) in [6.45, 7) is 8.27. The van der Waals surface area contributed by atoms with Gasteiger partial charge in [0.25, 0.3) is 0 Å². The second-order valence-electron chi connectivity index (χ2n) is 5.37. The van der Waals surface area contributed by atoms with Crippen LogP contribution < -0.4 is 5.32 Å². The Bertz CT molecular complexity index is 255. The molecule has 0 radical (unpaired) electrons. The summed E-state index contributed by atoms with van der Waals surface area (Å²) in [6.07, 6.45) is 1.96. The van der Waals surface area contributed by atoms with Crippen LogP contribution in [0.25, 0.3) is 0 Å². The Kier molecular flexibility index (Phi) is 5.40. The SMILES string of the molecule is CNCCC1C(=O)N(C(C)C)C(C)CCN1C. The summed E-state index contributed by atoms with van der Waals surface area (Å²) in [6, 6.07) is 0.681. The molecule has 17 heavy (non-hydrogen) atoms. The predicted molar refractivity (Wildman–Crippen MR) is 71.0 cm³/mol. The average molecular weight is 241 g/mol. The molecule has 0 spiro atoms. The van der Waals surface area contributed by atoms with Crippen LogP contribution in [0.3, 0.4) is 0 Å². The van der Waals surface area contributed by atoms with E-state index < -0.39 is 0 Å². The Balaban J connectivity index is 2.83. The van der Waals surface area contributed by atoms with Gasteiger partial charge in [0.15, 0.2) is 0 Å². The van der Waals surface area contributed by atoms with Crippen LogP contribution in [0.1, 0.15) is 33.6 Å². The summed E-state index contributed by atoms with van der Waals surface area (Å²) in [5, 5.41) is 3.13. The smallest absolute Gasteiger partial charge is 0.240 e. The largest absolute Gasteiger partial charge is 0.336 e. The minimum absolute atomic E-state index is 0.0369. The monoisotopic (exact) mass is 241 g/mol. The molecule has 2 atom stereocenters. The molecule has 0 aliphatic carbocycles. The molecule has 1 aliphatic heterocycles. The van der Waals surface area contributed by atoms with Crippen LogP contribution in [0.4, 0.5) is 0 Å². The molecule has 0 saturated carbocycles. The van der Waals surface area contributed by atoms with Crippen LogP contribution in [-0.4, -0.2) is 61.0 Å². The van der Waals surface area contributed by atoms with E-state index in [2.05, 4.69) is 42.9 Å². The average Bonchev–Trinajstić information content (AvgIpc) is 2.35. The summed E-state index contributed by atoms with van der Waals surface area (Å²) in [5.74, 6) is 0.294. The lowest BCUT2D eigenvalue weighted by molar-refractivity contribution is -0.138.